The van der Waals surface area contributed by atoms with Crippen molar-refractivity contribution in [1.29, 1.82) is 0 Å². The molecule has 122 valence electrons. The number of hydrogen-bond donors (Lipinski definition) is 1. The van der Waals surface area contributed by atoms with E-state index in [9.17, 15) is 8.42 Å². The van der Waals surface area contributed by atoms with E-state index in [-0.39, 0.29) is 12.0 Å². The van der Waals surface area contributed by atoms with Crippen LogP contribution < -0.4 is 5.73 Å². The molecule has 4 nitrogen and oxygen atoms in total. The maximum Gasteiger partial charge on any atom is 0.211 e. The lowest BCUT2D eigenvalue weighted by atomic mass is 9.86. The predicted molar refractivity (Wildman–Crippen MR) is 93.6 cm³/mol. The van der Waals surface area contributed by atoms with Gasteiger partial charge in [-0.2, -0.15) is 0 Å². The zero-order valence-corrected chi connectivity index (χ0v) is 14.0. The second kappa shape index (κ2) is 6.43. The van der Waals surface area contributed by atoms with Crippen LogP contribution in [0.15, 0.2) is 54.6 Å². The summed E-state index contributed by atoms with van der Waals surface area (Å²) >= 11 is 0. The Hall–Kier alpha value is -1.69. The van der Waals surface area contributed by atoms with Crippen molar-refractivity contribution in [1.82, 2.24) is 4.31 Å². The highest BCUT2D eigenvalue weighted by Gasteiger charge is 2.31. The number of piperidine rings is 1. The molecule has 0 saturated carbocycles. The first-order valence-electron chi connectivity index (χ1n) is 7.81. The normalized spacial score (nSPS) is 22.9. The number of hydrogen-bond acceptors (Lipinski definition) is 3. The molecule has 2 aromatic carbocycles. The van der Waals surface area contributed by atoms with E-state index in [1.54, 1.807) is 0 Å². The Morgan fingerprint density at radius 3 is 2.17 bits per heavy atom. The van der Waals surface area contributed by atoms with Gasteiger partial charge in [0.05, 0.1) is 6.26 Å². The number of sulfonamides is 1. The third-order valence-electron chi connectivity index (χ3n) is 4.54. The SMILES string of the molecule is CS(=O)(=O)N1CC[C@@H](c2ccc(-c3ccccc3)cc2)[C@H](N)C1. The Kier molecular flexibility index (Phi) is 4.53. The van der Waals surface area contributed by atoms with Gasteiger partial charge in [-0.15, -0.1) is 0 Å². The first-order chi connectivity index (χ1) is 10.9. The highest BCUT2D eigenvalue weighted by Crippen LogP contribution is 2.30. The zero-order valence-electron chi connectivity index (χ0n) is 13.2. The molecule has 3 rings (SSSR count). The molecule has 0 radical (unpaired) electrons. The molecular weight excluding hydrogens is 308 g/mol. The summed E-state index contributed by atoms with van der Waals surface area (Å²) in [4.78, 5) is 0. The van der Waals surface area contributed by atoms with Crippen molar-refractivity contribution < 1.29 is 8.42 Å². The van der Waals surface area contributed by atoms with Crippen LogP contribution in [0.1, 0.15) is 17.9 Å². The molecule has 2 aromatic rings. The van der Waals surface area contributed by atoms with Gasteiger partial charge in [-0.3, -0.25) is 0 Å². The summed E-state index contributed by atoms with van der Waals surface area (Å²) in [5, 5.41) is 0. The minimum atomic E-state index is -3.15. The molecule has 1 fully saturated rings. The fourth-order valence-electron chi connectivity index (χ4n) is 3.22. The van der Waals surface area contributed by atoms with Crippen LogP contribution in [0, 0.1) is 0 Å². The van der Waals surface area contributed by atoms with Gasteiger partial charge in [0.1, 0.15) is 0 Å². The van der Waals surface area contributed by atoms with E-state index in [4.69, 9.17) is 5.73 Å². The van der Waals surface area contributed by atoms with E-state index in [1.165, 1.54) is 27.3 Å². The third-order valence-corrected chi connectivity index (χ3v) is 5.81. The summed E-state index contributed by atoms with van der Waals surface area (Å²) in [6.45, 7) is 0.932. The molecule has 0 aromatic heterocycles. The first kappa shape index (κ1) is 16.2. The summed E-state index contributed by atoms with van der Waals surface area (Å²) in [7, 11) is -3.15. The molecular formula is C18H22N2O2S. The van der Waals surface area contributed by atoms with Crippen LogP contribution in [0.2, 0.25) is 0 Å². The summed E-state index contributed by atoms with van der Waals surface area (Å²) < 4.78 is 24.8. The lowest BCUT2D eigenvalue weighted by Gasteiger charge is -2.35. The van der Waals surface area contributed by atoms with Crippen LogP contribution in [0.25, 0.3) is 11.1 Å². The average molecular weight is 330 g/mol. The van der Waals surface area contributed by atoms with Gasteiger partial charge in [-0.05, 0) is 23.1 Å². The Bertz CT molecular complexity index is 757. The van der Waals surface area contributed by atoms with Gasteiger partial charge in [0.2, 0.25) is 10.0 Å². The molecule has 1 aliphatic heterocycles. The van der Waals surface area contributed by atoms with Crippen LogP contribution in [0.5, 0.6) is 0 Å². The van der Waals surface area contributed by atoms with Crippen LogP contribution >= 0.6 is 0 Å². The highest BCUT2D eigenvalue weighted by molar-refractivity contribution is 7.88. The Morgan fingerprint density at radius 1 is 1.00 bits per heavy atom. The average Bonchev–Trinajstić information content (AvgIpc) is 2.55. The van der Waals surface area contributed by atoms with Crippen molar-refractivity contribution in [2.24, 2.45) is 5.73 Å². The first-order valence-corrected chi connectivity index (χ1v) is 9.66. The highest BCUT2D eigenvalue weighted by atomic mass is 32.2. The Labute approximate surface area is 138 Å². The van der Waals surface area contributed by atoms with Gasteiger partial charge < -0.3 is 5.73 Å². The fourth-order valence-corrected chi connectivity index (χ4v) is 4.10. The lowest BCUT2D eigenvalue weighted by Crippen LogP contribution is -2.49. The second-order valence-electron chi connectivity index (χ2n) is 6.17. The van der Waals surface area contributed by atoms with Crippen LogP contribution in [-0.2, 0) is 10.0 Å². The fraction of sp³-hybridized carbons (Fsp3) is 0.333. The van der Waals surface area contributed by atoms with Crippen LogP contribution in [0.4, 0.5) is 0 Å². The van der Waals surface area contributed by atoms with Gasteiger partial charge in [0.25, 0.3) is 0 Å². The molecule has 0 unspecified atom stereocenters. The monoisotopic (exact) mass is 330 g/mol. The van der Waals surface area contributed by atoms with E-state index >= 15 is 0 Å². The largest absolute Gasteiger partial charge is 0.326 e. The number of rotatable bonds is 3. The summed E-state index contributed by atoms with van der Waals surface area (Å²) in [5.41, 5.74) is 9.79. The molecule has 1 heterocycles. The topological polar surface area (TPSA) is 63.4 Å². The van der Waals surface area contributed by atoms with E-state index < -0.39 is 10.0 Å². The van der Waals surface area contributed by atoms with E-state index in [2.05, 4.69) is 36.4 Å². The molecule has 0 spiro atoms. The van der Waals surface area contributed by atoms with Crippen molar-refractivity contribution >= 4 is 10.0 Å². The summed E-state index contributed by atoms with van der Waals surface area (Å²) in [5.74, 6) is 0.206. The molecule has 2 N–H and O–H groups in total. The molecule has 0 bridgehead atoms. The van der Waals surface area contributed by atoms with Crippen molar-refractivity contribution in [3.8, 4) is 11.1 Å². The maximum absolute atomic E-state index is 11.6. The zero-order chi connectivity index (χ0) is 16.4. The standard InChI is InChI=1S/C18H22N2O2S/c1-23(21,22)20-12-11-17(18(19)13-20)16-9-7-15(8-10-16)14-5-3-2-4-6-14/h2-10,17-18H,11-13,19H2,1H3/t17-,18+/m0/s1. The number of nitrogens with two attached hydrogens (primary N) is 1. The van der Waals surface area contributed by atoms with Gasteiger partial charge in [-0.25, -0.2) is 12.7 Å². The lowest BCUT2D eigenvalue weighted by molar-refractivity contribution is 0.288. The van der Waals surface area contributed by atoms with Crippen LogP contribution in [0.3, 0.4) is 0 Å². The predicted octanol–water partition coefficient (Wildman–Crippen LogP) is 2.43. The van der Waals surface area contributed by atoms with Gasteiger partial charge in [-0.1, -0.05) is 54.6 Å². The third kappa shape index (κ3) is 3.63. The van der Waals surface area contributed by atoms with Crippen molar-refractivity contribution in [3.63, 3.8) is 0 Å². The minimum absolute atomic E-state index is 0.166. The quantitative estimate of drug-likeness (QED) is 0.940. The number of nitrogens with zero attached hydrogens (tertiary/aromatic N) is 1. The van der Waals surface area contributed by atoms with Gasteiger partial charge in [0, 0.05) is 25.0 Å². The molecule has 1 saturated heterocycles. The van der Waals surface area contributed by atoms with Crippen LogP contribution in [-0.4, -0.2) is 38.1 Å². The smallest absolute Gasteiger partial charge is 0.211 e. The molecule has 0 aliphatic carbocycles. The van der Waals surface area contributed by atoms with Crippen molar-refractivity contribution in [3.05, 3.63) is 60.2 Å². The molecule has 1 aliphatic rings. The van der Waals surface area contributed by atoms with Crippen molar-refractivity contribution in [2.75, 3.05) is 19.3 Å². The van der Waals surface area contributed by atoms with Crippen molar-refractivity contribution in [2.45, 2.75) is 18.4 Å². The van der Waals surface area contributed by atoms with E-state index in [0.29, 0.717) is 13.1 Å². The molecule has 23 heavy (non-hydrogen) atoms. The molecule has 0 amide bonds. The number of benzene rings is 2. The minimum Gasteiger partial charge on any atom is -0.326 e. The van der Waals surface area contributed by atoms with E-state index in [0.717, 1.165) is 6.42 Å². The van der Waals surface area contributed by atoms with Gasteiger partial charge in [0.15, 0.2) is 0 Å². The van der Waals surface area contributed by atoms with Gasteiger partial charge >= 0.3 is 0 Å². The maximum atomic E-state index is 11.6. The van der Waals surface area contributed by atoms with E-state index in [1.807, 2.05) is 18.2 Å². The molecule has 5 heteroatoms. The Balaban J connectivity index is 1.76. The summed E-state index contributed by atoms with van der Waals surface area (Å²) in [6.07, 6.45) is 2.01. The molecule has 2 atom stereocenters. The second-order valence-corrected chi connectivity index (χ2v) is 8.15. The summed E-state index contributed by atoms with van der Waals surface area (Å²) in [6, 6.07) is 18.5. The Morgan fingerprint density at radius 2 is 1.61 bits per heavy atom.